The maximum atomic E-state index is 11.5. The Balaban J connectivity index is 2.02. The molecule has 3 nitrogen and oxygen atoms in total. The van der Waals surface area contributed by atoms with E-state index >= 15 is 0 Å². The van der Waals surface area contributed by atoms with E-state index in [9.17, 15) is 4.79 Å². The fraction of sp³-hybridized carbons (Fsp3) is 0.909. The number of hydrogen-bond acceptors (Lipinski definition) is 2. The zero-order valence-corrected chi connectivity index (χ0v) is 9.25. The highest BCUT2D eigenvalue weighted by molar-refractivity contribution is 5.78. The minimum Gasteiger partial charge on any atom is -0.356 e. The van der Waals surface area contributed by atoms with Gasteiger partial charge in [-0.3, -0.25) is 4.79 Å². The first-order chi connectivity index (χ1) is 6.61. The molecule has 0 bridgehead atoms. The van der Waals surface area contributed by atoms with Crippen LogP contribution in [0.2, 0.25) is 0 Å². The largest absolute Gasteiger partial charge is 0.356 e. The third-order valence-corrected chi connectivity index (χ3v) is 2.88. The van der Waals surface area contributed by atoms with Gasteiger partial charge in [-0.25, -0.2) is 0 Å². The molecule has 0 aromatic rings. The van der Waals surface area contributed by atoms with E-state index in [0.29, 0.717) is 5.92 Å². The summed E-state index contributed by atoms with van der Waals surface area (Å²) < 4.78 is 0. The summed E-state index contributed by atoms with van der Waals surface area (Å²) in [6, 6.07) is 0.243. The summed E-state index contributed by atoms with van der Waals surface area (Å²) in [5.41, 5.74) is 5.61. The fourth-order valence-electron chi connectivity index (χ4n) is 1.61. The van der Waals surface area contributed by atoms with E-state index in [4.69, 9.17) is 5.73 Å². The second kappa shape index (κ2) is 5.35. The van der Waals surface area contributed by atoms with Crippen LogP contribution in [0.4, 0.5) is 0 Å². The molecule has 2 unspecified atom stereocenters. The van der Waals surface area contributed by atoms with Crippen molar-refractivity contribution in [3.05, 3.63) is 0 Å². The van der Waals surface area contributed by atoms with Crippen LogP contribution in [0.25, 0.3) is 0 Å². The molecule has 0 heterocycles. The molecule has 1 saturated carbocycles. The average molecular weight is 198 g/mol. The molecule has 14 heavy (non-hydrogen) atoms. The first-order valence-corrected chi connectivity index (χ1v) is 5.64. The van der Waals surface area contributed by atoms with Gasteiger partial charge in [-0.1, -0.05) is 6.92 Å². The Kier molecular flexibility index (Phi) is 4.39. The number of amides is 1. The van der Waals surface area contributed by atoms with E-state index in [0.717, 1.165) is 19.4 Å². The van der Waals surface area contributed by atoms with Crippen molar-refractivity contribution >= 4 is 5.91 Å². The van der Waals surface area contributed by atoms with Crippen molar-refractivity contribution in [3.63, 3.8) is 0 Å². The number of hydrogen-bond donors (Lipinski definition) is 2. The van der Waals surface area contributed by atoms with Crippen LogP contribution in [0, 0.1) is 11.8 Å². The Morgan fingerprint density at radius 2 is 2.14 bits per heavy atom. The van der Waals surface area contributed by atoms with Crippen LogP contribution in [0.15, 0.2) is 0 Å². The monoisotopic (exact) mass is 198 g/mol. The van der Waals surface area contributed by atoms with Gasteiger partial charge in [0.05, 0.1) is 0 Å². The van der Waals surface area contributed by atoms with Gasteiger partial charge in [0, 0.05) is 18.5 Å². The lowest BCUT2D eigenvalue weighted by Crippen LogP contribution is -2.31. The third kappa shape index (κ3) is 4.09. The molecule has 3 N–H and O–H groups in total. The molecule has 1 fully saturated rings. The second-order valence-electron chi connectivity index (χ2n) is 4.54. The predicted molar refractivity (Wildman–Crippen MR) is 57.8 cm³/mol. The van der Waals surface area contributed by atoms with Gasteiger partial charge in [0.15, 0.2) is 0 Å². The molecule has 0 saturated heterocycles. The molecule has 3 heteroatoms. The molecule has 0 aliphatic heterocycles. The number of nitrogens with two attached hydrogens (primary N) is 1. The van der Waals surface area contributed by atoms with Crippen molar-refractivity contribution < 1.29 is 4.79 Å². The molecule has 0 radical (unpaired) electrons. The van der Waals surface area contributed by atoms with E-state index in [2.05, 4.69) is 5.32 Å². The van der Waals surface area contributed by atoms with Crippen LogP contribution in [-0.4, -0.2) is 18.5 Å². The number of carbonyl (C=O) groups excluding carboxylic acids is 1. The second-order valence-corrected chi connectivity index (χ2v) is 4.54. The smallest absolute Gasteiger partial charge is 0.223 e. The quantitative estimate of drug-likeness (QED) is 0.632. The molecule has 0 aromatic carbocycles. The Morgan fingerprint density at radius 3 is 2.64 bits per heavy atom. The minimum absolute atomic E-state index is 0.213. The summed E-state index contributed by atoms with van der Waals surface area (Å²) in [4.78, 5) is 11.5. The van der Waals surface area contributed by atoms with E-state index in [1.54, 1.807) is 0 Å². The van der Waals surface area contributed by atoms with Crippen molar-refractivity contribution in [2.45, 2.75) is 45.6 Å². The first kappa shape index (κ1) is 11.5. The van der Waals surface area contributed by atoms with Gasteiger partial charge < -0.3 is 11.1 Å². The van der Waals surface area contributed by atoms with Gasteiger partial charge in [-0.15, -0.1) is 0 Å². The lowest BCUT2D eigenvalue weighted by Gasteiger charge is -2.11. The molecular formula is C11H22N2O. The standard InChI is InChI=1S/C11H22N2O/c1-8(12)4-3-7-13-11(14)9(2)10-5-6-10/h8-10H,3-7,12H2,1-2H3,(H,13,14). The van der Waals surface area contributed by atoms with Crippen LogP contribution in [0.1, 0.15) is 39.5 Å². The molecule has 1 rings (SSSR count). The molecular weight excluding hydrogens is 176 g/mol. The van der Waals surface area contributed by atoms with Gasteiger partial charge >= 0.3 is 0 Å². The van der Waals surface area contributed by atoms with Crippen LogP contribution >= 0.6 is 0 Å². The van der Waals surface area contributed by atoms with Crippen LogP contribution in [0.5, 0.6) is 0 Å². The van der Waals surface area contributed by atoms with E-state index in [1.165, 1.54) is 12.8 Å². The van der Waals surface area contributed by atoms with Crippen LogP contribution < -0.4 is 11.1 Å². The maximum absolute atomic E-state index is 11.5. The average Bonchev–Trinajstić information content (AvgIpc) is 2.93. The number of rotatable bonds is 6. The third-order valence-electron chi connectivity index (χ3n) is 2.88. The lowest BCUT2D eigenvalue weighted by molar-refractivity contribution is -0.125. The Labute approximate surface area is 86.4 Å². The molecule has 82 valence electrons. The van der Waals surface area contributed by atoms with Crippen molar-refractivity contribution in [2.75, 3.05) is 6.54 Å². The predicted octanol–water partition coefficient (Wildman–Crippen LogP) is 1.28. The topological polar surface area (TPSA) is 55.1 Å². The Morgan fingerprint density at radius 1 is 1.50 bits per heavy atom. The zero-order chi connectivity index (χ0) is 10.6. The highest BCUT2D eigenvalue weighted by Crippen LogP contribution is 2.36. The lowest BCUT2D eigenvalue weighted by atomic mass is 10.1. The molecule has 1 amide bonds. The van der Waals surface area contributed by atoms with Gasteiger partial charge in [0.1, 0.15) is 0 Å². The van der Waals surface area contributed by atoms with Gasteiger partial charge in [-0.2, -0.15) is 0 Å². The summed E-state index contributed by atoms with van der Waals surface area (Å²) in [6.07, 6.45) is 4.43. The van der Waals surface area contributed by atoms with E-state index in [-0.39, 0.29) is 17.9 Å². The van der Waals surface area contributed by atoms with Gasteiger partial charge in [0.25, 0.3) is 0 Å². The van der Waals surface area contributed by atoms with Crippen molar-refractivity contribution in [1.82, 2.24) is 5.32 Å². The molecule has 1 aliphatic rings. The Hall–Kier alpha value is -0.570. The van der Waals surface area contributed by atoms with E-state index < -0.39 is 0 Å². The summed E-state index contributed by atoms with van der Waals surface area (Å²) >= 11 is 0. The van der Waals surface area contributed by atoms with Crippen LogP contribution in [-0.2, 0) is 4.79 Å². The highest BCUT2D eigenvalue weighted by atomic mass is 16.1. The minimum atomic E-state index is 0.213. The summed E-state index contributed by atoms with van der Waals surface area (Å²) in [6.45, 7) is 4.80. The van der Waals surface area contributed by atoms with Crippen LogP contribution in [0.3, 0.4) is 0 Å². The van der Waals surface area contributed by atoms with Crippen molar-refractivity contribution in [2.24, 2.45) is 17.6 Å². The maximum Gasteiger partial charge on any atom is 0.223 e. The zero-order valence-electron chi connectivity index (χ0n) is 9.25. The summed E-state index contributed by atoms with van der Waals surface area (Å²) in [5.74, 6) is 1.09. The normalized spacial score (nSPS) is 20.2. The Bertz CT molecular complexity index is 188. The molecule has 1 aliphatic carbocycles. The molecule has 2 atom stereocenters. The van der Waals surface area contributed by atoms with Gasteiger partial charge in [-0.05, 0) is 38.5 Å². The molecule has 0 spiro atoms. The van der Waals surface area contributed by atoms with E-state index in [1.807, 2.05) is 13.8 Å². The first-order valence-electron chi connectivity index (χ1n) is 5.64. The summed E-state index contributed by atoms with van der Waals surface area (Å²) in [7, 11) is 0. The van der Waals surface area contributed by atoms with Gasteiger partial charge in [0.2, 0.25) is 5.91 Å². The SMILES string of the molecule is CC(N)CCCNC(=O)C(C)C1CC1. The number of carbonyl (C=O) groups is 1. The molecule has 0 aromatic heterocycles. The van der Waals surface area contributed by atoms with Crippen molar-refractivity contribution in [3.8, 4) is 0 Å². The number of nitrogens with one attached hydrogen (secondary N) is 1. The summed E-state index contributed by atoms with van der Waals surface area (Å²) in [5, 5.41) is 2.96. The fourth-order valence-corrected chi connectivity index (χ4v) is 1.61. The highest BCUT2D eigenvalue weighted by Gasteiger charge is 2.32. The van der Waals surface area contributed by atoms with Crippen molar-refractivity contribution in [1.29, 1.82) is 0 Å².